The lowest BCUT2D eigenvalue weighted by molar-refractivity contribution is 0.0198. The Labute approximate surface area is 60.1 Å². The Morgan fingerprint density at radius 2 is 2.20 bits per heavy atom. The Bertz CT molecular complexity index is 146. The van der Waals surface area contributed by atoms with E-state index in [2.05, 4.69) is 5.10 Å². The van der Waals surface area contributed by atoms with Crippen molar-refractivity contribution < 1.29 is 4.39 Å². The molecule has 1 aliphatic rings. The van der Waals surface area contributed by atoms with E-state index in [0.29, 0.717) is 0 Å². The molecule has 0 bridgehead atoms. The highest BCUT2D eigenvalue weighted by Gasteiger charge is 2.25. The van der Waals surface area contributed by atoms with Gasteiger partial charge in [-0.1, -0.05) is 0 Å². The molecule has 3 nitrogen and oxygen atoms in total. The average molecular weight is 145 g/mol. The molecule has 1 atom stereocenters. The maximum atomic E-state index is 13.0. The minimum absolute atomic E-state index is 0.170. The van der Waals surface area contributed by atoms with Crippen LogP contribution in [0.1, 0.15) is 13.8 Å². The summed E-state index contributed by atoms with van der Waals surface area (Å²) in [6.45, 7) is 3.86. The zero-order chi connectivity index (χ0) is 7.72. The van der Waals surface area contributed by atoms with E-state index in [9.17, 15) is 4.39 Å². The van der Waals surface area contributed by atoms with Crippen LogP contribution in [0, 0.1) is 0 Å². The summed E-state index contributed by atoms with van der Waals surface area (Å²) in [6.07, 6.45) is 0.440. The second-order valence-corrected chi connectivity index (χ2v) is 2.66. The summed E-state index contributed by atoms with van der Waals surface area (Å²) in [4.78, 5) is 1.56. The molecular weight excluding hydrogens is 133 g/mol. The predicted octanol–water partition coefficient (Wildman–Crippen LogP) is 0.839. The number of hydrazone groups is 1. The smallest absolute Gasteiger partial charge is 0.265 e. The highest BCUT2D eigenvalue weighted by molar-refractivity contribution is 5.56. The van der Waals surface area contributed by atoms with Crippen molar-refractivity contribution in [3.05, 3.63) is 0 Å². The third-order valence-corrected chi connectivity index (χ3v) is 1.52. The first-order valence-corrected chi connectivity index (χ1v) is 3.31. The van der Waals surface area contributed by atoms with Gasteiger partial charge in [-0.2, -0.15) is 9.49 Å². The van der Waals surface area contributed by atoms with E-state index < -0.39 is 6.42 Å². The van der Waals surface area contributed by atoms with Gasteiger partial charge in [-0.3, -0.25) is 0 Å². The third-order valence-electron chi connectivity index (χ3n) is 1.52. The summed E-state index contributed by atoms with van der Waals surface area (Å²) in [5.41, 5.74) is 0. The standard InChI is InChI=1S/C6H12FN3/c1-5(2)10-4-8-9(3)6(10)7/h4-6H,1-3H3. The van der Waals surface area contributed by atoms with Crippen LogP contribution in [0.15, 0.2) is 5.10 Å². The molecule has 1 aliphatic heterocycles. The van der Waals surface area contributed by atoms with Crippen molar-refractivity contribution in [2.75, 3.05) is 7.05 Å². The number of alkyl halides is 1. The lowest BCUT2D eigenvalue weighted by atomic mass is 10.4. The molecule has 0 saturated heterocycles. The Balaban J connectivity index is 2.58. The maximum Gasteiger partial charge on any atom is 0.265 e. The fourth-order valence-corrected chi connectivity index (χ4v) is 0.823. The summed E-state index contributed by atoms with van der Waals surface area (Å²) < 4.78 is 13.0. The van der Waals surface area contributed by atoms with Gasteiger partial charge in [0.05, 0.1) is 0 Å². The van der Waals surface area contributed by atoms with E-state index in [1.807, 2.05) is 13.8 Å². The number of hydrogen-bond acceptors (Lipinski definition) is 3. The van der Waals surface area contributed by atoms with Crippen LogP contribution >= 0.6 is 0 Å². The number of nitrogens with zero attached hydrogens (tertiary/aromatic N) is 3. The van der Waals surface area contributed by atoms with Crippen molar-refractivity contribution in [1.82, 2.24) is 9.91 Å². The zero-order valence-electron chi connectivity index (χ0n) is 6.45. The molecule has 0 aromatic carbocycles. The van der Waals surface area contributed by atoms with Gasteiger partial charge < -0.3 is 4.90 Å². The van der Waals surface area contributed by atoms with Gasteiger partial charge >= 0.3 is 0 Å². The third kappa shape index (κ3) is 1.05. The van der Waals surface area contributed by atoms with Crippen LogP contribution in [0.2, 0.25) is 0 Å². The van der Waals surface area contributed by atoms with E-state index in [-0.39, 0.29) is 6.04 Å². The van der Waals surface area contributed by atoms with Gasteiger partial charge in [-0.05, 0) is 13.8 Å². The molecule has 1 rings (SSSR count). The van der Waals surface area contributed by atoms with Gasteiger partial charge in [-0.15, -0.1) is 0 Å². The highest BCUT2D eigenvalue weighted by Crippen LogP contribution is 2.13. The molecule has 0 aromatic heterocycles. The number of rotatable bonds is 1. The van der Waals surface area contributed by atoms with E-state index in [1.165, 1.54) is 11.3 Å². The molecule has 0 saturated carbocycles. The van der Waals surface area contributed by atoms with Gasteiger partial charge in [-0.25, -0.2) is 5.01 Å². The molecule has 4 heteroatoms. The van der Waals surface area contributed by atoms with Crippen molar-refractivity contribution in [3.63, 3.8) is 0 Å². The SMILES string of the molecule is CC(C)N1C=NN(C)C1F. The molecule has 58 valence electrons. The molecule has 0 aromatic rings. The topological polar surface area (TPSA) is 18.8 Å². The Hall–Kier alpha value is -0.800. The fraction of sp³-hybridized carbons (Fsp3) is 0.833. The van der Waals surface area contributed by atoms with Crippen molar-refractivity contribution in [1.29, 1.82) is 0 Å². The first-order valence-electron chi connectivity index (χ1n) is 3.31. The quantitative estimate of drug-likeness (QED) is 0.509. The number of hydrogen-bond donors (Lipinski definition) is 0. The summed E-state index contributed by atoms with van der Waals surface area (Å²) in [7, 11) is 1.61. The van der Waals surface area contributed by atoms with Crippen LogP contribution in [-0.4, -0.2) is 35.8 Å². The van der Waals surface area contributed by atoms with E-state index >= 15 is 0 Å². The summed E-state index contributed by atoms with van der Waals surface area (Å²) in [5, 5.41) is 5.07. The molecule has 0 radical (unpaired) electrons. The van der Waals surface area contributed by atoms with Crippen molar-refractivity contribution in [3.8, 4) is 0 Å². The van der Waals surface area contributed by atoms with Gasteiger partial charge in [0.15, 0.2) is 0 Å². The first kappa shape index (κ1) is 7.31. The van der Waals surface area contributed by atoms with Crippen LogP contribution in [0.3, 0.4) is 0 Å². The number of halogens is 1. The van der Waals surface area contributed by atoms with Crippen LogP contribution < -0.4 is 0 Å². The van der Waals surface area contributed by atoms with Crippen LogP contribution in [0.25, 0.3) is 0 Å². The molecule has 1 unspecified atom stereocenters. The monoisotopic (exact) mass is 145 g/mol. The predicted molar refractivity (Wildman–Crippen MR) is 38.1 cm³/mol. The summed E-state index contributed by atoms with van der Waals surface area (Å²) in [5.74, 6) is 0. The Morgan fingerprint density at radius 1 is 1.60 bits per heavy atom. The summed E-state index contributed by atoms with van der Waals surface area (Å²) in [6, 6.07) is 0.170. The fourth-order valence-electron chi connectivity index (χ4n) is 0.823. The van der Waals surface area contributed by atoms with E-state index in [1.54, 1.807) is 11.9 Å². The lowest BCUT2D eigenvalue weighted by Gasteiger charge is -2.24. The minimum atomic E-state index is -1.08. The van der Waals surface area contributed by atoms with Gasteiger partial charge in [0.1, 0.15) is 6.34 Å². The minimum Gasteiger partial charge on any atom is -0.311 e. The van der Waals surface area contributed by atoms with E-state index in [4.69, 9.17) is 0 Å². The van der Waals surface area contributed by atoms with E-state index in [0.717, 1.165) is 0 Å². The first-order chi connectivity index (χ1) is 4.63. The lowest BCUT2D eigenvalue weighted by Crippen LogP contribution is -2.38. The van der Waals surface area contributed by atoms with Crippen LogP contribution in [0.4, 0.5) is 4.39 Å². The average Bonchev–Trinajstić information content (AvgIpc) is 2.14. The molecule has 0 amide bonds. The molecule has 10 heavy (non-hydrogen) atoms. The second-order valence-electron chi connectivity index (χ2n) is 2.66. The Kier molecular flexibility index (Phi) is 1.78. The Morgan fingerprint density at radius 3 is 2.40 bits per heavy atom. The largest absolute Gasteiger partial charge is 0.311 e. The molecular formula is C6H12FN3. The molecule has 0 aliphatic carbocycles. The summed E-state index contributed by atoms with van der Waals surface area (Å²) >= 11 is 0. The van der Waals surface area contributed by atoms with Crippen molar-refractivity contribution >= 4 is 6.34 Å². The zero-order valence-corrected chi connectivity index (χ0v) is 6.45. The second kappa shape index (κ2) is 2.44. The van der Waals surface area contributed by atoms with Crippen LogP contribution in [-0.2, 0) is 0 Å². The maximum absolute atomic E-state index is 13.0. The van der Waals surface area contributed by atoms with Gasteiger partial charge in [0.25, 0.3) is 6.42 Å². The molecule has 0 spiro atoms. The molecule has 1 heterocycles. The molecule has 0 N–H and O–H groups in total. The van der Waals surface area contributed by atoms with Crippen LogP contribution in [0.5, 0.6) is 0 Å². The normalized spacial score (nSPS) is 25.1. The van der Waals surface area contributed by atoms with Crippen molar-refractivity contribution in [2.45, 2.75) is 26.3 Å². The van der Waals surface area contributed by atoms with Gasteiger partial charge in [0, 0.05) is 13.1 Å². The van der Waals surface area contributed by atoms with Crippen molar-refractivity contribution in [2.24, 2.45) is 5.10 Å². The molecule has 0 fully saturated rings. The highest BCUT2D eigenvalue weighted by atomic mass is 19.1. The van der Waals surface area contributed by atoms with Gasteiger partial charge in [0.2, 0.25) is 0 Å².